The Bertz CT molecular complexity index is 640. The number of aromatic nitrogens is 2. The maximum absolute atomic E-state index is 5.50. The molecule has 0 aliphatic carbocycles. The number of rotatable bonds is 6. The average molecular weight is 314 g/mol. The first-order chi connectivity index (χ1) is 11.3. The lowest BCUT2D eigenvalue weighted by Crippen LogP contribution is -2.33. The summed E-state index contributed by atoms with van der Waals surface area (Å²) in [7, 11) is 2.07. The highest BCUT2D eigenvalue weighted by Gasteiger charge is 2.20. The second kappa shape index (κ2) is 7.59. The lowest BCUT2D eigenvalue weighted by Gasteiger charge is -2.31. The van der Waals surface area contributed by atoms with Gasteiger partial charge in [0, 0.05) is 33.3 Å². The number of ether oxygens (including phenoxy) is 1. The summed E-state index contributed by atoms with van der Waals surface area (Å²) in [6.07, 6.45) is 3.78. The number of hydrogen-bond donors (Lipinski definition) is 0. The highest BCUT2D eigenvalue weighted by atomic mass is 16.5. The van der Waals surface area contributed by atoms with Crippen LogP contribution in [0.5, 0.6) is 0 Å². The molecule has 0 amide bonds. The van der Waals surface area contributed by atoms with E-state index in [1.54, 1.807) is 0 Å². The Hall–Kier alpha value is -1.88. The van der Waals surface area contributed by atoms with Crippen LogP contribution in [0.4, 0.5) is 11.6 Å². The Morgan fingerprint density at radius 2 is 1.78 bits per heavy atom. The number of likely N-dealkylation sites (N-methyl/N-ethyl adjacent to an activating group) is 1. The molecule has 0 N–H and O–H groups in total. The summed E-state index contributed by atoms with van der Waals surface area (Å²) < 4.78 is 5.50. The van der Waals surface area contributed by atoms with Gasteiger partial charge in [0.25, 0.3) is 0 Å². The second-order valence-electron chi connectivity index (χ2n) is 6.03. The van der Waals surface area contributed by atoms with Crippen LogP contribution in [0.25, 0.3) is 11.0 Å². The van der Waals surface area contributed by atoms with E-state index in [1.807, 2.05) is 31.2 Å². The van der Waals surface area contributed by atoms with E-state index in [1.165, 1.54) is 19.3 Å². The molecule has 0 unspecified atom stereocenters. The molecule has 0 spiro atoms. The van der Waals surface area contributed by atoms with Crippen molar-refractivity contribution >= 4 is 22.7 Å². The predicted octanol–water partition coefficient (Wildman–Crippen LogP) is 3.09. The largest absolute Gasteiger partial charge is 0.380 e. The molecule has 1 saturated heterocycles. The third kappa shape index (κ3) is 3.72. The minimum atomic E-state index is 0.709. The lowest BCUT2D eigenvalue weighted by molar-refractivity contribution is 0.154. The first-order valence-corrected chi connectivity index (χ1v) is 8.60. The topological polar surface area (TPSA) is 41.5 Å². The second-order valence-corrected chi connectivity index (χ2v) is 6.03. The van der Waals surface area contributed by atoms with Gasteiger partial charge in [-0.15, -0.1) is 0 Å². The molecule has 0 atom stereocenters. The van der Waals surface area contributed by atoms with Crippen LogP contribution < -0.4 is 9.80 Å². The molecule has 1 aliphatic rings. The van der Waals surface area contributed by atoms with Crippen LogP contribution in [0.15, 0.2) is 24.3 Å². The molecule has 1 aromatic carbocycles. The molecule has 5 nitrogen and oxygen atoms in total. The van der Waals surface area contributed by atoms with Crippen molar-refractivity contribution in [3.63, 3.8) is 0 Å². The number of piperidine rings is 1. The molecule has 0 radical (unpaired) electrons. The van der Waals surface area contributed by atoms with Crippen LogP contribution in [0.3, 0.4) is 0 Å². The van der Waals surface area contributed by atoms with Gasteiger partial charge in [-0.25, -0.2) is 9.97 Å². The summed E-state index contributed by atoms with van der Waals surface area (Å²) in [5.74, 6) is 1.98. The summed E-state index contributed by atoms with van der Waals surface area (Å²) >= 11 is 0. The average Bonchev–Trinajstić information content (AvgIpc) is 2.61. The van der Waals surface area contributed by atoms with Crippen molar-refractivity contribution in [1.29, 1.82) is 0 Å². The van der Waals surface area contributed by atoms with Crippen molar-refractivity contribution in [2.45, 2.75) is 26.2 Å². The standard InChI is InChI=1S/C18H26N4O/c1-3-23-14-13-21(2)17-18(22-11-7-4-8-12-22)20-16-10-6-5-9-15(16)19-17/h5-6,9-10H,3-4,7-8,11-14H2,1-2H3. The van der Waals surface area contributed by atoms with Gasteiger partial charge in [0.15, 0.2) is 11.6 Å². The van der Waals surface area contributed by atoms with Crippen LogP contribution >= 0.6 is 0 Å². The monoisotopic (exact) mass is 314 g/mol. The van der Waals surface area contributed by atoms with Crippen molar-refractivity contribution < 1.29 is 4.74 Å². The fourth-order valence-corrected chi connectivity index (χ4v) is 3.01. The van der Waals surface area contributed by atoms with E-state index < -0.39 is 0 Å². The maximum atomic E-state index is 5.50. The van der Waals surface area contributed by atoms with Crippen LogP contribution in [-0.2, 0) is 4.74 Å². The first-order valence-electron chi connectivity index (χ1n) is 8.60. The van der Waals surface area contributed by atoms with Gasteiger partial charge in [0.1, 0.15) is 0 Å². The third-order valence-electron chi connectivity index (χ3n) is 4.33. The van der Waals surface area contributed by atoms with E-state index in [9.17, 15) is 0 Å². The molecule has 1 fully saturated rings. The molecule has 3 rings (SSSR count). The van der Waals surface area contributed by atoms with Gasteiger partial charge in [-0.3, -0.25) is 0 Å². The van der Waals surface area contributed by atoms with E-state index in [0.29, 0.717) is 6.61 Å². The number of para-hydroxylation sites is 2. The van der Waals surface area contributed by atoms with Crippen LogP contribution in [-0.4, -0.2) is 49.9 Å². The van der Waals surface area contributed by atoms with E-state index in [-0.39, 0.29) is 0 Å². The zero-order valence-electron chi connectivity index (χ0n) is 14.2. The Morgan fingerprint density at radius 1 is 1.09 bits per heavy atom. The van der Waals surface area contributed by atoms with Crippen molar-refractivity contribution in [2.24, 2.45) is 0 Å². The Morgan fingerprint density at radius 3 is 2.48 bits per heavy atom. The molecule has 2 heterocycles. The molecule has 2 aromatic rings. The van der Waals surface area contributed by atoms with Crippen molar-refractivity contribution in [3.05, 3.63) is 24.3 Å². The normalized spacial score (nSPS) is 15.1. The van der Waals surface area contributed by atoms with Gasteiger partial charge in [0.2, 0.25) is 0 Å². The Balaban J connectivity index is 1.94. The summed E-state index contributed by atoms with van der Waals surface area (Å²) in [5.41, 5.74) is 1.92. The Kier molecular flexibility index (Phi) is 5.28. The van der Waals surface area contributed by atoms with Gasteiger partial charge in [-0.1, -0.05) is 12.1 Å². The van der Waals surface area contributed by atoms with Gasteiger partial charge in [-0.05, 0) is 38.3 Å². The summed E-state index contributed by atoms with van der Waals surface area (Å²) in [6, 6.07) is 8.11. The molecule has 5 heteroatoms. The van der Waals surface area contributed by atoms with Crippen LogP contribution in [0, 0.1) is 0 Å². The van der Waals surface area contributed by atoms with Crippen molar-refractivity contribution in [3.8, 4) is 0 Å². The van der Waals surface area contributed by atoms with Crippen molar-refractivity contribution in [2.75, 3.05) is 49.7 Å². The fourth-order valence-electron chi connectivity index (χ4n) is 3.01. The smallest absolute Gasteiger partial charge is 0.172 e. The van der Waals surface area contributed by atoms with Gasteiger partial charge >= 0.3 is 0 Å². The summed E-state index contributed by atoms with van der Waals surface area (Å²) in [4.78, 5) is 14.4. The summed E-state index contributed by atoms with van der Waals surface area (Å²) in [6.45, 7) is 6.44. The molecule has 0 saturated carbocycles. The van der Waals surface area contributed by atoms with E-state index in [0.717, 1.165) is 48.9 Å². The quantitative estimate of drug-likeness (QED) is 0.766. The zero-order valence-corrected chi connectivity index (χ0v) is 14.2. The third-order valence-corrected chi connectivity index (χ3v) is 4.33. The zero-order chi connectivity index (χ0) is 16.1. The molecular weight excluding hydrogens is 288 g/mol. The maximum Gasteiger partial charge on any atom is 0.172 e. The summed E-state index contributed by atoms with van der Waals surface area (Å²) in [5, 5.41) is 0. The van der Waals surface area contributed by atoms with Crippen LogP contribution in [0.1, 0.15) is 26.2 Å². The first kappa shape index (κ1) is 16.0. The minimum Gasteiger partial charge on any atom is -0.380 e. The minimum absolute atomic E-state index is 0.709. The fraction of sp³-hybridized carbons (Fsp3) is 0.556. The van der Waals surface area contributed by atoms with Gasteiger partial charge in [-0.2, -0.15) is 0 Å². The Labute approximate surface area is 138 Å². The highest BCUT2D eigenvalue weighted by Crippen LogP contribution is 2.29. The van der Waals surface area contributed by atoms with Crippen LogP contribution in [0.2, 0.25) is 0 Å². The molecule has 1 aliphatic heterocycles. The van der Waals surface area contributed by atoms with Crippen molar-refractivity contribution in [1.82, 2.24) is 9.97 Å². The SMILES string of the molecule is CCOCCN(C)c1nc2ccccc2nc1N1CCCCC1. The number of benzene rings is 1. The molecule has 124 valence electrons. The predicted molar refractivity (Wildman–Crippen MR) is 95.4 cm³/mol. The van der Waals surface area contributed by atoms with E-state index in [2.05, 4.69) is 16.8 Å². The lowest BCUT2D eigenvalue weighted by atomic mass is 10.1. The number of hydrogen-bond acceptors (Lipinski definition) is 5. The highest BCUT2D eigenvalue weighted by molar-refractivity contribution is 5.80. The number of anilines is 2. The van der Waals surface area contributed by atoms with Gasteiger partial charge in [0.05, 0.1) is 17.6 Å². The molecule has 1 aromatic heterocycles. The molecule has 0 bridgehead atoms. The molecular formula is C18H26N4O. The van der Waals surface area contributed by atoms with Gasteiger partial charge < -0.3 is 14.5 Å². The molecule has 23 heavy (non-hydrogen) atoms. The van der Waals surface area contributed by atoms with E-state index in [4.69, 9.17) is 14.7 Å². The number of fused-ring (bicyclic) bond motifs is 1. The van der Waals surface area contributed by atoms with E-state index >= 15 is 0 Å². The number of nitrogens with zero attached hydrogens (tertiary/aromatic N) is 4.